The van der Waals surface area contributed by atoms with Crippen molar-refractivity contribution >= 4 is 15.9 Å². The summed E-state index contributed by atoms with van der Waals surface area (Å²) in [5.74, 6) is 1.54. The van der Waals surface area contributed by atoms with E-state index in [1.54, 1.807) is 14.2 Å². The smallest absolute Gasteiger partial charge is 0.160 e. The Bertz CT molecular complexity index is 599. The number of methoxy groups -OCH3 is 2. The minimum Gasteiger partial charge on any atom is -0.493 e. The van der Waals surface area contributed by atoms with Gasteiger partial charge < -0.3 is 14.8 Å². The lowest BCUT2D eigenvalue weighted by Gasteiger charge is -2.15. The van der Waals surface area contributed by atoms with Gasteiger partial charge in [0.15, 0.2) is 11.5 Å². The quantitative estimate of drug-likeness (QED) is 0.799. The van der Waals surface area contributed by atoms with Crippen LogP contribution in [0.25, 0.3) is 0 Å². The summed E-state index contributed by atoms with van der Waals surface area (Å²) >= 11 is 3.45. The minimum absolute atomic E-state index is 0.377. The second kappa shape index (κ2) is 8.20. The van der Waals surface area contributed by atoms with Crippen LogP contribution in [-0.2, 0) is 13.0 Å². The molecule has 22 heavy (non-hydrogen) atoms. The average molecular weight is 364 g/mol. The SMILES string of the molecule is COc1ccc(CC(C)NCc2ccc(Br)cc2)cc1OC. The maximum atomic E-state index is 5.35. The average Bonchev–Trinajstić information content (AvgIpc) is 2.54. The molecular formula is C18H22BrNO2. The molecule has 0 aliphatic carbocycles. The third-order valence-electron chi connectivity index (χ3n) is 3.56. The van der Waals surface area contributed by atoms with Gasteiger partial charge in [-0.25, -0.2) is 0 Å². The number of hydrogen-bond donors (Lipinski definition) is 1. The molecule has 0 aromatic heterocycles. The molecular weight excluding hydrogens is 342 g/mol. The van der Waals surface area contributed by atoms with Crippen molar-refractivity contribution in [2.24, 2.45) is 0 Å². The van der Waals surface area contributed by atoms with E-state index in [-0.39, 0.29) is 0 Å². The molecule has 0 saturated carbocycles. The number of rotatable bonds is 7. The highest BCUT2D eigenvalue weighted by atomic mass is 79.9. The Kier molecular flexibility index (Phi) is 6.28. The van der Waals surface area contributed by atoms with E-state index in [0.29, 0.717) is 6.04 Å². The third kappa shape index (κ3) is 4.75. The van der Waals surface area contributed by atoms with E-state index in [9.17, 15) is 0 Å². The first-order valence-electron chi connectivity index (χ1n) is 7.31. The first-order valence-corrected chi connectivity index (χ1v) is 8.10. The number of halogens is 1. The molecule has 3 nitrogen and oxygen atoms in total. The zero-order valence-corrected chi connectivity index (χ0v) is 14.8. The highest BCUT2D eigenvalue weighted by Gasteiger charge is 2.08. The molecule has 0 saturated heterocycles. The van der Waals surface area contributed by atoms with E-state index in [2.05, 4.69) is 58.5 Å². The second-order valence-electron chi connectivity index (χ2n) is 5.30. The van der Waals surface area contributed by atoms with Crippen molar-refractivity contribution in [3.63, 3.8) is 0 Å². The molecule has 0 fully saturated rings. The molecule has 2 aromatic rings. The molecule has 1 N–H and O–H groups in total. The van der Waals surface area contributed by atoms with E-state index >= 15 is 0 Å². The summed E-state index contributed by atoms with van der Waals surface area (Å²) in [7, 11) is 3.32. The van der Waals surface area contributed by atoms with Crippen LogP contribution < -0.4 is 14.8 Å². The maximum absolute atomic E-state index is 5.35. The van der Waals surface area contributed by atoms with Crippen LogP contribution in [-0.4, -0.2) is 20.3 Å². The van der Waals surface area contributed by atoms with Crippen LogP contribution in [0.3, 0.4) is 0 Å². The van der Waals surface area contributed by atoms with Crippen LogP contribution >= 0.6 is 15.9 Å². The summed E-state index contributed by atoms with van der Waals surface area (Å²) in [4.78, 5) is 0. The predicted octanol–water partition coefficient (Wildman–Crippen LogP) is 4.19. The molecule has 0 amide bonds. The van der Waals surface area contributed by atoms with Crippen LogP contribution in [0.2, 0.25) is 0 Å². The van der Waals surface area contributed by atoms with Crippen molar-refractivity contribution in [2.45, 2.75) is 25.9 Å². The lowest BCUT2D eigenvalue weighted by Crippen LogP contribution is -2.27. The third-order valence-corrected chi connectivity index (χ3v) is 4.09. The fraction of sp³-hybridized carbons (Fsp3) is 0.333. The van der Waals surface area contributed by atoms with E-state index in [1.807, 2.05) is 12.1 Å². The summed E-state index contributed by atoms with van der Waals surface area (Å²) in [5, 5.41) is 3.55. The first-order chi connectivity index (χ1) is 10.6. The topological polar surface area (TPSA) is 30.5 Å². The van der Waals surface area contributed by atoms with Crippen LogP contribution in [0.1, 0.15) is 18.1 Å². The Morgan fingerprint density at radius 3 is 2.23 bits per heavy atom. The maximum Gasteiger partial charge on any atom is 0.160 e. The van der Waals surface area contributed by atoms with Gasteiger partial charge in [0, 0.05) is 17.1 Å². The van der Waals surface area contributed by atoms with Gasteiger partial charge in [0.05, 0.1) is 14.2 Å². The minimum atomic E-state index is 0.377. The molecule has 0 heterocycles. The van der Waals surface area contributed by atoms with Crippen LogP contribution in [0, 0.1) is 0 Å². The molecule has 2 aromatic carbocycles. The van der Waals surface area contributed by atoms with Gasteiger partial charge in [0.2, 0.25) is 0 Å². The Balaban J connectivity index is 1.91. The Labute approximate surface area is 140 Å². The monoisotopic (exact) mass is 363 g/mol. The van der Waals surface area contributed by atoms with Gasteiger partial charge in [-0.1, -0.05) is 34.1 Å². The lowest BCUT2D eigenvalue weighted by molar-refractivity contribution is 0.354. The zero-order chi connectivity index (χ0) is 15.9. The largest absolute Gasteiger partial charge is 0.493 e. The summed E-state index contributed by atoms with van der Waals surface area (Å²) in [6, 6.07) is 14.8. The molecule has 0 aliphatic heterocycles. The molecule has 0 radical (unpaired) electrons. The van der Waals surface area contributed by atoms with Crippen molar-refractivity contribution < 1.29 is 9.47 Å². The van der Waals surface area contributed by atoms with Gasteiger partial charge in [0.1, 0.15) is 0 Å². The fourth-order valence-corrected chi connectivity index (χ4v) is 2.59. The van der Waals surface area contributed by atoms with Crippen LogP contribution in [0.15, 0.2) is 46.9 Å². The normalized spacial score (nSPS) is 12.0. The fourth-order valence-electron chi connectivity index (χ4n) is 2.33. The number of benzene rings is 2. The van der Waals surface area contributed by atoms with Gasteiger partial charge in [-0.15, -0.1) is 0 Å². The summed E-state index contributed by atoms with van der Waals surface area (Å²) in [6.45, 7) is 3.05. The second-order valence-corrected chi connectivity index (χ2v) is 6.22. The van der Waals surface area contributed by atoms with Crippen LogP contribution in [0.4, 0.5) is 0 Å². The van der Waals surface area contributed by atoms with Crippen LogP contribution in [0.5, 0.6) is 11.5 Å². The van der Waals surface area contributed by atoms with Gasteiger partial charge in [-0.2, -0.15) is 0 Å². The van der Waals surface area contributed by atoms with Gasteiger partial charge in [-0.05, 0) is 48.7 Å². The molecule has 118 valence electrons. The molecule has 0 spiro atoms. The van der Waals surface area contributed by atoms with Gasteiger partial charge in [-0.3, -0.25) is 0 Å². The lowest BCUT2D eigenvalue weighted by atomic mass is 10.1. The van der Waals surface area contributed by atoms with Gasteiger partial charge in [0.25, 0.3) is 0 Å². The van der Waals surface area contributed by atoms with Crippen molar-refractivity contribution in [2.75, 3.05) is 14.2 Å². The molecule has 0 aliphatic rings. The number of nitrogens with one attached hydrogen (secondary N) is 1. The van der Waals surface area contributed by atoms with E-state index in [0.717, 1.165) is 28.9 Å². The van der Waals surface area contributed by atoms with Crippen molar-refractivity contribution in [3.8, 4) is 11.5 Å². The Morgan fingerprint density at radius 2 is 1.59 bits per heavy atom. The summed E-state index contributed by atoms with van der Waals surface area (Å²) in [6.07, 6.45) is 0.941. The summed E-state index contributed by atoms with van der Waals surface area (Å²) < 4.78 is 11.7. The van der Waals surface area contributed by atoms with E-state index in [1.165, 1.54) is 11.1 Å². The van der Waals surface area contributed by atoms with E-state index < -0.39 is 0 Å². The number of hydrogen-bond acceptors (Lipinski definition) is 3. The highest BCUT2D eigenvalue weighted by Crippen LogP contribution is 2.27. The highest BCUT2D eigenvalue weighted by molar-refractivity contribution is 9.10. The van der Waals surface area contributed by atoms with Gasteiger partial charge >= 0.3 is 0 Å². The molecule has 1 unspecified atom stereocenters. The Hall–Kier alpha value is -1.52. The molecule has 1 atom stereocenters. The zero-order valence-electron chi connectivity index (χ0n) is 13.2. The van der Waals surface area contributed by atoms with Crippen molar-refractivity contribution in [1.29, 1.82) is 0 Å². The molecule has 2 rings (SSSR count). The summed E-state index contributed by atoms with van der Waals surface area (Å²) in [5.41, 5.74) is 2.51. The molecule has 0 bridgehead atoms. The first kappa shape index (κ1) is 16.8. The standard InChI is InChI=1S/C18H22BrNO2/c1-13(20-12-14-4-7-16(19)8-5-14)10-15-6-9-17(21-2)18(11-15)22-3/h4-9,11,13,20H,10,12H2,1-3H3. The number of ether oxygens (including phenoxy) is 2. The van der Waals surface area contributed by atoms with E-state index in [4.69, 9.17) is 9.47 Å². The van der Waals surface area contributed by atoms with Crippen molar-refractivity contribution in [3.05, 3.63) is 58.1 Å². The Morgan fingerprint density at radius 1 is 0.955 bits per heavy atom. The van der Waals surface area contributed by atoms with Crippen molar-refractivity contribution in [1.82, 2.24) is 5.32 Å². The molecule has 4 heteroatoms. The predicted molar refractivity (Wildman–Crippen MR) is 93.7 cm³/mol.